The van der Waals surface area contributed by atoms with Crippen LogP contribution in [0.3, 0.4) is 0 Å². The van der Waals surface area contributed by atoms with E-state index >= 15 is 0 Å². The summed E-state index contributed by atoms with van der Waals surface area (Å²) >= 11 is 6.57. The van der Waals surface area contributed by atoms with E-state index < -0.39 is 0 Å². The molecule has 1 fully saturated rings. The summed E-state index contributed by atoms with van der Waals surface area (Å²) < 4.78 is 5.29. The molecule has 1 heterocycles. The normalized spacial score (nSPS) is 22.2. The average molecular weight is 282 g/mol. The number of rotatable bonds is 4. The number of ether oxygens (including phenoxy) is 1. The minimum atomic E-state index is 0.0647. The van der Waals surface area contributed by atoms with Crippen molar-refractivity contribution >= 4 is 11.6 Å². The highest BCUT2D eigenvalue weighted by Gasteiger charge is 2.20. The predicted octanol–water partition coefficient (Wildman–Crippen LogP) is 4.02. The van der Waals surface area contributed by atoms with Crippen LogP contribution in [0.15, 0.2) is 18.2 Å². The van der Waals surface area contributed by atoms with Gasteiger partial charge in [0.05, 0.1) is 12.5 Å². The molecule has 0 aliphatic carbocycles. The van der Waals surface area contributed by atoms with Crippen molar-refractivity contribution in [2.45, 2.75) is 32.1 Å². The smallest absolute Gasteiger partial charge is 0.121 e. The van der Waals surface area contributed by atoms with Gasteiger partial charge in [-0.1, -0.05) is 19.1 Å². The second kappa shape index (κ2) is 6.62. The summed E-state index contributed by atoms with van der Waals surface area (Å²) in [6.07, 6.45) is 2.65. The van der Waals surface area contributed by atoms with Crippen molar-refractivity contribution in [3.63, 3.8) is 0 Å². The van der Waals surface area contributed by atoms with Crippen LogP contribution in [-0.2, 0) is 0 Å². The molecule has 1 aromatic carbocycles. The van der Waals surface area contributed by atoms with Crippen molar-refractivity contribution in [3.05, 3.63) is 29.3 Å². The maximum absolute atomic E-state index is 6.57. The Hall–Kier alpha value is -0.730. The van der Waals surface area contributed by atoms with Crippen LogP contribution >= 0.6 is 11.6 Å². The number of halogens is 1. The zero-order valence-electron chi connectivity index (χ0n) is 12.2. The third-order valence-electron chi connectivity index (χ3n) is 3.94. The summed E-state index contributed by atoms with van der Waals surface area (Å²) in [7, 11) is 1.70. The van der Waals surface area contributed by atoms with Gasteiger partial charge in [-0.05, 0) is 49.4 Å². The molecule has 1 aliphatic rings. The molecule has 0 amide bonds. The van der Waals surface area contributed by atoms with E-state index in [9.17, 15) is 0 Å². The first-order chi connectivity index (χ1) is 9.10. The first-order valence-electron chi connectivity index (χ1n) is 7.11. The second-order valence-electron chi connectivity index (χ2n) is 5.70. The van der Waals surface area contributed by atoms with Gasteiger partial charge in [0.15, 0.2) is 0 Å². The quantitative estimate of drug-likeness (QED) is 0.773. The van der Waals surface area contributed by atoms with Crippen molar-refractivity contribution in [1.29, 1.82) is 0 Å². The lowest BCUT2D eigenvalue weighted by atomic mass is 9.99. The number of hydrogen-bond donors (Lipinski definition) is 0. The highest BCUT2D eigenvalue weighted by Crippen LogP contribution is 2.28. The molecule has 1 aromatic rings. The van der Waals surface area contributed by atoms with E-state index in [1.54, 1.807) is 7.11 Å². The Balaban J connectivity index is 1.99. The van der Waals surface area contributed by atoms with Crippen LogP contribution < -0.4 is 4.74 Å². The first kappa shape index (κ1) is 14.7. The number of methoxy groups -OCH3 is 1. The van der Waals surface area contributed by atoms with Crippen LogP contribution in [0.2, 0.25) is 0 Å². The van der Waals surface area contributed by atoms with Gasteiger partial charge in [-0.15, -0.1) is 11.6 Å². The van der Waals surface area contributed by atoms with Crippen LogP contribution in [0.25, 0.3) is 0 Å². The van der Waals surface area contributed by atoms with Gasteiger partial charge in [0, 0.05) is 13.1 Å². The zero-order valence-corrected chi connectivity index (χ0v) is 12.9. The number of alkyl halides is 1. The topological polar surface area (TPSA) is 12.5 Å². The summed E-state index contributed by atoms with van der Waals surface area (Å²) in [5.74, 6) is 1.73. The first-order valence-corrected chi connectivity index (χ1v) is 7.54. The van der Waals surface area contributed by atoms with Gasteiger partial charge in [0.25, 0.3) is 0 Å². The largest absolute Gasteiger partial charge is 0.496 e. The van der Waals surface area contributed by atoms with Crippen molar-refractivity contribution < 1.29 is 4.74 Å². The van der Waals surface area contributed by atoms with Gasteiger partial charge in [0.1, 0.15) is 5.75 Å². The Kier molecular flexibility index (Phi) is 5.12. The maximum Gasteiger partial charge on any atom is 0.121 e. The molecule has 0 bridgehead atoms. The Morgan fingerprint density at radius 3 is 2.89 bits per heavy atom. The van der Waals surface area contributed by atoms with E-state index in [2.05, 4.69) is 30.9 Å². The summed E-state index contributed by atoms with van der Waals surface area (Å²) in [6, 6.07) is 6.24. The molecular weight excluding hydrogens is 258 g/mol. The molecule has 2 rings (SSSR count). The van der Waals surface area contributed by atoms with E-state index in [1.807, 2.05) is 6.07 Å². The van der Waals surface area contributed by atoms with Gasteiger partial charge in [-0.25, -0.2) is 0 Å². The number of likely N-dealkylation sites (tertiary alicyclic amines) is 1. The molecule has 0 N–H and O–H groups in total. The molecule has 1 saturated heterocycles. The minimum absolute atomic E-state index is 0.0647. The molecule has 0 saturated carbocycles. The van der Waals surface area contributed by atoms with E-state index in [0.717, 1.165) is 23.8 Å². The SMILES string of the molecule is COc1ccc(C(Cl)CN2CCCC(C)C2)cc1C. The predicted molar refractivity (Wildman–Crippen MR) is 81.2 cm³/mol. The highest BCUT2D eigenvalue weighted by atomic mass is 35.5. The fraction of sp³-hybridized carbons (Fsp3) is 0.625. The third-order valence-corrected chi connectivity index (χ3v) is 4.33. The second-order valence-corrected chi connectivity index (χ2v) is 6.23. The third kappa shape index (κ3) is 3.87. The monoisotopic (exact) mass is 281 g/mol. The maximum atomic E-state index is 6.57. The van der Waals surface area contributed by atoms with E-state index in [0.29, 0.717) is 0 Å². The van der Waals surface area contributed by atoms with E-state index in [4.69, 9.17) is 16.3 Å². The number of piperidine rings is 1. The molecule has 0 aromatic heterocycles. The zero-order chi connectivity index (χ0) is 13.8. The lowest BCUT2D eigenvalue weighted by molar-refractivity contribution is 0.184. The van der Waals surface area contributed by atoms with Crippen LogP contribution in [0.1, 0.15) is 36.3 Å². The van der Waals surface area contributed by atoms with Crippen molar-refractivity contribution in [2.75, 3.05) is 26.7 Å². The Bertz CT molecular complexity index is 421. The van der Waals surface area contributed by atoms with Crippen LogP contribution in [0, 0.1) is 12.8 Å². The number of aryl methyl sites for hydroxylation is 1. The molecule has 1 aliphatic heterocycles. The van der Waals surface area contributed by atoms with Crippen LogP contribution in [0.5, 0.6) is 5.75 Å². The highest BCUT2D eigenvalue weighted by molar-refractivity contribution is 6.21. The summed E-state index contributed by atoms with van der Waals surface area (Å²) in [5.41, 5.74) is 2.34. The van der Waals surface area contributed by atoms with Gasteiger partial charge >= 0.3 is 0 Å². The fourth-order valence-corrected chi connectivity index (χ4v) is 3.21. The van der Waals surface area contributed by atoms with Crippen molar-refractivity contribution in [3.8, 4) is 5.75 Å². The van der Waals surface area contributed by atoms with Gasteiger partial charge in [0.2, 0.25) is 0 Å². The van der Waals surface area contributed by atoms with Crippen molar-refractivity contribution in [2.24, 2.45) is 5.92 Å². The minimum Gasteiger partial charge on any atom is -0.496 e. The molecule has 2 unspecified atom stereocenters. The molecule has 106 valence electrons. The molecule has 0 radical (unpaired) electrons. The Morgan fingerprint density at radius 2 is 2.26 bits per heavy atom. The number of benzene rings is 1. The molecule has 19 heavy (non-hydrogen) atoms. The average Bonchev–Trinajstić information content (AvgIpc) is 2.38. The molecule has 3 heteroatoms. The fourth-order valence-electron chi connectivity index (χ4n) is 2.88. The number of hydrogen-bond acceptors (Lipinski definition) is 2. The van der Waals surface area contributed by atoms with Gasteiger partial charge < -0.3 is 9.64 Å². The lowest BCUT2D eigenvalue weighted by Gasteiger charge is -2.32. The van der Waals surface area contributed by atoms with Gasteiger partial charge in [-0.2, -0.15) is 0 Å². The lowest BCUT2D eigenvalue weighted by Crippen LogP contribution is -2.36. The van der Waals surface area contributed by atoms with Crippen LogP contribution in [0.4, 0.5) is 0 Å². The Labute approximate surface area is 121 Å². The Morgan fingerprint density at radius 1 is 1.47 bits per heavy atom. The molecule has 2 atom stereocenters. The van der Waals surface area contributed by atoms with Crippen LogP contribution in [-0.4, -0.2) is 31.6 Å². The molecule has 2 nitrogen and oxygen atoms in total. The number of nitrogens with zero attached hydrogens (tertiary/aromatic N) is 1. The summed E-state index contributed by atoms with van der Waals surface area (Å²) in [5, 5.41) is 0.0647. The molecule has 0 spiro atoms. The van der Waals surface area contributed by atoms with E-state index in [-0.39, 0.29) is 5.38 Å². The summed E-state index contributed by atoms with van der Waals surface area (Å²) in [6.45, 7) is 7.69. The standard InChI is InChI=1S/C16H24ClNO/c1-12-5-4-8-18(10-12)11-15(17)14-6-7-16(19-3)13(2)9-14/h6-7,9,12,15H,4-5,8,10-11H2,1-3H3. The summed E-state index contributed by atoms with van der Waals surface area (Å²) in [4.78, 5) is 2.49. The van der Waals surface area contributed by atoms with E-state index in [1.165, 1.54) is 31.5 Å². The van der Waals surface area contributed by atoms with Crippen molar-refractivity contribution in [1.82, 2.24) is 4.90 Å². The molecular formula is C16H24ClNO. The van der Waals surface area contributed by atoms with Gasteiger partial charge in [-0.3, -0.25) is 0 Å².